The van der Waals surface area contributed by atoms with E-state index in [1.165, 1.54) is 105 Å². The molecule has 6 heterocycles. The van der Waals surface area contributed by atoms with E-state index in [2.05, 4.69) is 53.4 Å². The first kappa shape index (κ1) is 110. The molecule has 0 radical (unpaired) electrons. The number of hydrogen-bond acceptors (Lipinski definition) is 29. The maximum Gasteiger partial charge on any atom is 0.445 e. The first-order valence-corrected chi connectivity index (χ1v) is 58.7. The van der Waals surface area contributed by atoms with E-state index in [1.54, 1.807) is 92.9 Å². The van der Waals surface area contributed by atoms with Gasteiger partial charge in [-0.2, -0.15) is 14.2 Å². The third-order valence-corrected chi connectivity index (χ3v) is 34.1. The third kappa shape index (κ3) is 46.2. The Morgan fingerprint density at radius 3 is 0.938 bits per heavy atom. The normalized spacial score (nSPS) is 12.1. The van der Waals surface area contributed by atoms with Crippen molar-refractivity contribution in [3.05, 3.63) is 228 Å². The molecule has 0 bridgehead atoms. The van der Waals surface area contributed by atoms with Crippen LogP contribution in [0.5, 0.6) is 17.2 Å². The summed E-state index contributed by atoms with van der Waals surface area (Å²) < 4.78 is 217. The molecule has 0 saturated heterocycles. The molecule has 1 unspecified atom stereocenters. The predicted octanol–water partition coefficient (Wildman–Crippen LogP) is 16.5. The van der Waals surface area contributed by atoms with E-state index in [9.17, 15) is 73.7 Å². The maximum atomic E-state index is 13.3. The minimum atomic E-state index is -4.43. The van der Waals surface area contributed by atoms with Gasteiger partial charge in [-0.3, -0.25) is 13.7 Å². The lowest BCUT2D eigenvalue weighted by Crippen LogP contribution is -2.28. The van der Waals surface area contributed by atoms with Gasteiger partial charge in [0.25, 0.3) is 49.1 Å². The molecule has 0 aliphatic heterocycles. The van der Waals surface area contributed by atoms with E-state index in [4.69, 9.17) is 85.6 Å². The highest BCUT2D eigenvalue weighted by molar-refractivity contribution is 9.26. The van der Waals surface area contributed by atoms with Gasteiger partial charge in [-0.15, -0.1) is 83.3 Å². The molecule has 6 aromatic heterocycles. The van der Waals surface area contributed by atoms with Gasteiger partial charge in [0.2, 0.25) is 10.0 Å². The van der Waals surface area contributed by atoms with Crippen molar-refractivity contribution < 1.29 is 112 Å². The maximum absolute atomic E-state index is 13.3. The minimum absolute atomic E-state index is 0. The Labute approximate surface area is 714 Å². The third-order valence-electron chi connectivity index (χ3n) is 11.0. The first-order chi connectivity index (χ1) is 50.8. The van der Waals surface area contributed by atoms with E-state index in [-0.39, 0.29) is 67.8 Å². The number of halogens is 6. The van der Waals surface area contributed by atoms with E-state index >= 15 is 0 Å². The van der Waals surface area contributed by atoms with E-state index < -0.39 is 115 Å². The van der Waals surface area contributed by atoms with Crippen molar-refractivity contribution in [2.75, 3.05) is 39.4 Å². The molecule has 113 heavy (non-hydrogen) atoms. The fourth-order valence-electron chi connectivity index (χ4n) is 6.42. The number of nitrogens with two attached hydrogens (primary N) is 1. The summed E-state index contributed by atoms with van der Waals surface area (Å²) in [6, 6.07) is 44.1. The van der Waals surface area contributed by atoms with Crippen molar-refractivity contribution in [2.45, 2.75) is 59.2 Å². The van der Waals surface area contributed by atoms with Crippen LogP contribution in [0.15, 0.2) is 227 Å². The first-order valence-electron chi connectivity index (χ1n) is 29.4. The number of rotatable bonds is 26. The van der Waals surface area contributed by atoms with Crippen LogP contribution in [0.1, 0.15) is 13.0 Å². The van der Waals surface area contributed by atoms with Crippen molar-refractivity contribution in [2.24, 2.45) is 5.14 Å². The lowest BCUT2D eigenvalue weighted by atomic mass is 10.2. The highest BCUT2D eigenvalue weighted by Crippen LogP contribution is 2.49. The van der Waals surface area contributed by atoms with Gasteiger partial charge in [-0.25, -0.2) is 64.9 Å². The van der Waals surface area contributed by atoms with Crippen molar-refractivity contribution in [3.63, 3.8) is 0 Å². The Morgan fingerprint density at radius 2 is 0.708 bits per heavy atom. The summed E-state index contributed by atoms with van der Waals surface area (Å²) in [7, 11) is -30.8. The number of thiophene rings is 6. The summed E-state index contributed by atoms with van der Waals surface area (Å²) in [5, 5.41) is 16.4. The molecule has 10 rings (SSSR count). The molecule has 13 N–H and O–H groups in total. The summed E-state index contributed by atoms with van der Waals surface area (Å²) in [5.74, 6) is 0.373. The topological polar surface area (TPSA) is 523 Å². The smallest absolute Gasteiger partial charge is 0.445 e. The van der Waals surface area contributed by atoms with E-state index in [0.29, 0.717) is 15.1 Å². The SMILES string of the molecule is C.COP(=O)(CNS(=O)(=O)c1cccs1)OC.C[Si](C)(C)Br.Cc1cccc(Cl)c1.N.NS(=O)(=O)c1cccs1.O.O=P(CNS(=O)(=O)c1cccs1)(Oc1cccc(Cl)c1)Oc1cccc(Cl)c1.O=P(O)(O)CNS(=O)(=O)c1cccs1.O=P([O-])(CNS(=O)(=O)c1cccs1)Oc1cccc(Cl)c1.O=S(=O)(Cl)c1cccs1. The zero-order valence-corrected chi connectivity index (χ0v) is 78.3. The average molecular weight is 2060 g/mol. The second-order valence-electron chi connectivity index (χ2n) is 21.2. The van der Waals surface area contributed by atoms with Crippen LogP contribution in [0.3, 0.4) is 0 Å². The van der Waals surface area contributed by atoms with Crippen molar-refractivity contribution in [1.29, 1.82) is 0 Å². The summed E-state index contributed by atoms with van der Waals surface area (Å²) in [6.45, 7) is 7.95. The van der Waals surface area contributed by atoms with Crippen LogP contribution in [0.2, 0.25) is 39.7 Å². The molecule has 632 valence electrons. The second kappa shape index (κ2) is 50.7. The highest BCUT2D eigenvalue weighted by atomic mass is 79.9. The Bertz CT molecular complexity index is 5250. The van der Waals surface area contributed by atoms with E-state index in [0.717, 1.165) is 73.0 Å². The van der Waals surface area contributed by atoms with Crippen molar-refractivity contribution >= 4 is 237 Å². The fraction of sp³-hybridized carbons (Fsp3) is 0.186. The van der Waals surface area contributed by atoms with Crippen LogP contribution in [0.25, 0.3) is 0 Å². The van der Waals surface area contributed by atoms with Crippen LogP contribution in [-0.2, 0) is 86.5 Å². The molecule has 0 saturated carbocycles. The number of sulfonamides is 5. The fourth-order valence-corrected chi connectivity index (χ4v) is 24.4. The zero-order valence-electron chi connectivity index (χ0n) is 58.6. The number of aryl methyl sites for hydroxylation is 1. The molecule has 0 aliphatic rings. The number of nitrogens with one attached hydrogen (secondary N) is 4. The van der Waals surface area contributed by atoms with Gasteiger partial charge in [0.1, 0.15) is 68.1 Å². The molecule has 31 nitrogen and oxygen atoms in total. The van der Waals surface area contributed by atoms with Crippen molar-refractivity contribution in [3.8, 4) is 17.2 Å². The number of primary sulfonamides is 1. The summed E-state index contributed by atoms with van der Waals surface area (Å²) >= 11 is 33.0. The monoisotopic (exact) mass is 2060 g/mol. The minimum Gasteiger partial charge on any atom is -0.768 e. The average Bonchev–Trinajstić information content (AvgIpc) is 1.84. The second-order valence-corrected chi connectivity index (χ2v) is 60.0. The molecular weight excluding hydrogens is 1990 g/mol. The van der Waals surface area contributed by atoms with Crippen LogP contribution in [-0.4, -0.2) is 112 Å². The van der Waals surface area contributed by atoms with Crippen LogP contribution in [0, 0.1) is 6.92 Å². The van der Waals surface area contributed by atoms with Gasteiger partial charge < -0.3 is 48.9 Å². The van der Waals surface area contributed by atoms with E-state index in [1.807, 2.05) is 40.6 Å². The number of hydrogen-bond donors (Lipinski definition) is 8. The standard InChI is InChI=1S/C17H14Cl2NO5PS2.C11H11ClNO5PS2.C7H7Cl.C7H12NO5PS2.C5H8NO5PS2.C4H3ClO2S2.C4H5NO2S2.C3H9BrSi.CH4.H3N.H2O/c18-13-4-1-6-15(10-13)24-26(21,25-16-7-2-5-14(19)11-16)12-20-28(22,23)17-8-3-9-27-17;12-9-3-1-4-10(7-9)18-19(14,15)8-13-21(16,17)11-5-2-6-20-11;1-6-3-2-4-7(8)5-6;1-12-14(9,13-2)6-8-16(10,11)7-4-3-5-15-7;7-12(8,9)4-6-14(10,11)5-2-1-3-13-5;2*5-9(6,7)4-2-1-3-8-4;1-5(2,3)4;;;/h1-11,20H,12H2;1-7,13H,8H2,(H,14,15);2-5H,1H3;3-5,8H,6H2,1-2H3;1-3,6H,4H2,(H2,7,8,9);1-3H;1-3H,(H2,5,6,7);1-3H3;1H4;1H3;1H2/p-1. The Kier molecular flexibility index (Phi) is 49.3. The molecule has 0 aliphatic carbocycles. The molecule has 4 aromatic carbocycles. The van der Waals surface area contributed by atoms with Crippen molar-refractivity contribution in [1.82, 2.24) is 25.0 Å². The molecule has 0 spiro atoms. The molecule has 10 aromatic rings. The molecular formula is C59H77BrCl5N6O25P4S12Si-. The van der Waals surface area contributed by atoms with Gasteiger partial charge >= 0.3 is 22.8 Å². The summed E-state index contributed by atoms with van der Waals surface area (Å²) in [5.41, 5.74) is 1.21. The highest BCUT2D eigenvalue weighted by Gasteiger charge is 2.32. The largest absolute Gasteiger partial charge is 0.768 e. The van der Waals surface area contributed by atoms with Gasteiger partial charge in [-0.1, -0.05) is 140 Å². The van der Waals surface area contributed by atoms with Gasteiger partial charge in [0.05, 0.1) is 6.29 Å². The van der Waals surface area contributed by atoms with Crippen LogP contribution in [0.4, 0.5) is 0 Å². The quantitative estimate of drug-likeness (QED) is 0.0108. The molecule has 0 amide bonds. The lowest BCUT2D eigenvalue weighted by molar-refractivity contribution is -0.191. The van der Waals surface area contributed by atoms with Crippen LogP contribution < -0.4 is 48.6 Å². The van der Waals surface area contributed by atoms with Gasteiger partial charge in [0, 0.05) is 45.0 Å². The molecule has 1 atom stereocenters. The molecule has 0 fully saturated rings. The van der Waals surface area contributed by atoms with Gasteiger partial charge in [-0.05, 0) is 148 Å². The number of benzene rings is 4. The zero-order chi connectivity index (χ0) is 83.1. The predicted molar refractivity (Wildman–Crippen MR) is 460 cm³/mol. The Hall–Kier alpha value is -3.23. The summed E-state index contributed by atoms with van der Waals surface area (Å²) in [6.07, 6.45) is -2.71. The van der Waals surface area contributed by atoms with Gasteiger partial charge in [0.15, 0.2) is 7.60 Å². The lowest BCUT2D eigenvalue weighted by Gasteiger charge is -2.24. The summed E-state index contributed by atoms with van der Waals surface area (Å²) in [4.78, 5) is 28.7. The van der Waals surface area contributed by atoms with Crippen LogP contribution >= 0.6 is 171 Å². The Balaban J connectivity index is 0.00000133. The molecule has 54 heteroatoms. The Morgan fingerprint density at radius 1 is 0.442 bits per heavy atom.